The number of hydrogen-bond donors (Lipinski definition) is 2. The second kappa shape index (κ2) is 4.49. The zero-order chi connectivity index (χ0) is 13.3. The van der Waals surface area contributed by atoms with Gasteiger partial charge in [0.2, 0.25) is 0 Å². The lowest BCUT2D eigenvalue weighted by atomic mass is 9.92. The monoisotopic (exact) mass is 255 g/mol. The minimum atomic E-state index is -4.48. The molecule has 2 nitrogen and oxygen atoms in total. The molecule has 0 bridgehead atoms. The molecular weight excluding hydrogens is 243 g/mol. The molecule has 1 unspecified atom stereocenters. The Morgan fingerprint density at radius 2 is 1.78 bits per heavy atom. The number of phenols is 1. The first kappa shape index (κ1) is 12.7. The van der Waals surface area contributed by atoms with Gasteiger partial charge in [0, 0.05) is 12.1 Å². The highest BCUT2D eigenvalue weighted by Crippen LogP contribution is 2.41. The number of benzene rings is 2. The van der Waals surface area contributed by atoms with Crippen LogP contribution in [-0.4, -0.2) is 17.8 Å². The van der Waals surface area contributed by atoms with Crippen LogP contribution >= 0.6 is 0 Å². The molecule has 0 aliphatic rings. The van der Waals surface area contributed by atoms with Gasteiger partial charge in [0.25, 0.3) is 0 Å². The molecule has 0 radical (unpaired) electrons. The molecule has 0 saturated heterocycles. The van der Waals surface area contributed by atoms with Crippen molar-refractivity contribution in [3.63, 3.8) is 0 Å². The molecule has 0 aliphatic heterocycles. The first-order valence-electron chi connectivity index (χ1n) is 5.42. The van der Waals surface area contributed by atoms with E-state index in [0.717, 1.165) is 0 Å². The first-order valence-corrected chi connectivity index (χ1v) is 5.42. The van der Waals surface area contributed by atoms with Gasteiger partial charge in [-0.3, -0.25) is 0 Å². The highest BCUT2D eigenvalue weighted by molar-refractivity contribution is 5.88. The molecule has 18 heavy (non-hydrogen) atoms. The Balaban J connectivity index is 2.72. The third-order valence-corrected chi connectivity index (χ3v) is 2.93. The van der Waals surface area contributed by atoms with E-state index < -0.39 is 18.6 Å². The molecule has 2 rings (SSSR count). The molecule has 2 aromatic rings. The van der Waals surface area contributed by atoms with E-state index in [2.05, 4.69) is 0 Å². The normalized spacial score (nSPS) is 13.8. The Morgan fingerprint density at radius 3 is 2.39 bits per heavy atom. The van der Waals surface area contributed by atoms with Crippen molar-refractivity contribution in [1.29, 1.82) is 0 Å². The van der Waals surface area contributed by atoms with Gasteiger partial charge in [0.1, 0.15) is 5.75 Å². The fourth-order valence-electron chi connectivity index (χ4n) is 2.07. The number of aromatic hydroxyl groups is 1. The maximum Gasteiger partial charge on any atom is 0.397 e. The summed E-state index contributed by atoms with van der Waals surface area (Å²) >= 11 is 0. The average Bonchev–Trinajstić information content (AvgIpc) is 2.31. The van der Waals surface area contributed by atoms with Gasteiger partial charge in [0.05, 0.1) is 5.92 Å². The summed E-state index contributed by atoms with van der Waals surface area (Å²) in [5.41, 5.74) is 5.07. The summed E-state index contributed by atoms with van der Waals surface area (Å²) in [5.74, 6) is -2.23. The van der Waals surface area contributed by atoms with Gasteiger partial charge >= 0.3 is 6.18 Å². The van der Waals surface area contributed by atoms with Crippen LogP contribution in [0.1, 0.15) is 11.5 Å². The van der Waals surface area contributed by atoms with Gasteiger partial charge in [-0.25, -0.2) is 0 Å². The highest BCUT2D eigenvalue weighted by atomic mass is 19.4. The molecule has 0 spiro atoms. The van der Waals surface area contributed by atoms with E-state index in [-0.39, 0.29) is 11.3 Å². The topological polar surface area (TPSA) is 46.2 Å². The number of rotatable bonds is 2. The molecule has 0 saturated carbocycles. The molecule has 0 aliphatic carbocycles. The molecule has 96 valence electrons. The summed E-state index contributed by atoms with van der Waals surface area (Å²) in [4.78, 5) is 0. The van der Waals surface area contributed by atoms with E-state index in [1.165, 1.54) is 6.07 Å². The van der Waals surface area contributed by atoms with Crippen LogP contribution in [0.3, 0.4) is 0 Å². The van der Waals surface area contributed by atoms with Gasteiger partial charge in [-0.15, -0.1) is 0 Å². The van der Waals surface area contributed by atoms with E-state index in [1.807, 2.05) is 0 Å². The van der Waals surface area contributed by atoms with Crippen molar-refractivity contribution < 1.29 is 18.3 Å². The summed E-state index contributed by atoms with van der Waals surface area (Å²) in [6, 6.07) is 9.47. The van der Waals surface area contributed by atoms with Crippen LogP contribution in [0.5, 0.6) is 5.75 Å². The molecule has 1 atom stereocenters. The summed E-state index contributed by atoms with van der Waals surface area (Å²) in [6.07, 6.45) is -4.48. The van der Waals surface area contributed by atoms with Crippen LogP contribution in [0.15, 0.2) is 36.4 Å². The van der Waals surface area contributed by atoms with E-state index in [9.17, 15) is 18.3 Å². The number of fused-ring (bicyclic) bond motifs is 1. The summed E-state index contributed by atoms with van der Waals surface area (Å²) in [7, 11) is 0. The lowest BCUT2D eigenvalue weighted by molar-refractivity contribution is -0.148. The van der Waals surface area contributed by atoms with Crippen molar-refractivity contribution in [2.24, 2.45) is 5.73 Å². The number of nitrogens with two attached hydrogens (primary N) is 1. The van der Waals surface area contributed by atoms with Crippen LogP contribution in [0.25, 0.3) is 10.8 Å². The second-order valence-electron chi connectivity index (χ2n) is 4.05. The molecule has 0 fully saturated rings. The molecule has 0 heterocycles. The highest BCUT2D eigenvalue weighted by Gasteiger charge is 2.41. The van der Waals surface area contributed by atoms with E-state index in [4.69, 9.17) is 5.73 Å². The van der Waals surface area contributed by atoms with Crippen LogP contribution < -0.4 is 5.73 Å². The summed E-state index contributed by atoms with van der Waals surface area (Å²) in [5, 5.41) is 10.7. The lowest BCUT2D eigenvalue weighted by Gasteiger charge is -2.21. The van der Waals surface area contributed by atoms with E-state index >= 15 is 0 Å². The minimum Gasteiger partial charge on any atom is -0.508 e. The lowest BCUT2D eigenvalue weighted by Crippen LogP contribution is -2.28. The maximum atomic E-state index is 12.9. The predicted molar refractivity (Wildman–Crippen MR) is 63.5 cm³/mol. The molecule has 5 heteroatoms. The Bertz CT molecular complexity index is 566. The first-order chi connectivity index (χ1) is 8.45. The molecule has 2 aromatic carbocycles. The third-order valence-electron chi connectivity index (χ3n) is 2.93. The van der Waals surface area contributed by atoms with Crippen LogP contribution in [0.4, 0.5) is 13.2 Å². The molecule has 0 aromatic heterocycles. The molecule has 3 N–H and O–H groups in total. The maximum absolute atomic E-state index is 12.9. The number of halogens is 3. The van der Waals surface area contributed by atoms with E-state index in [1.54, 1.807) is 30.3 Å². The SMILES string of the molecule is NCC(c1c(O)ccc2ccccc12)C(F)(F)F. The van der Waals surface area contributed by atoms with Gasteiger partial charge in [-0.05, 0) is 16.8 Å². The van der Waals surface area contributed by atoms with Gasteiger partial charge in [-0.2, -0.15) is 13.2 Å². The number of hydrogen-bond acceptors (Lipinski definition) is 2. The molecular formula is C13H12F3NO. The van der Waals surface area contributed by atoms with Crippen LogP contribution in [-0.2, 0) is 0 Å². The predicted octanol–water partition coefficient (Wildman–Crippen LogP) is 3.15. The van der Waals surface area contributed by atoms with E-state index in [0.29, 0.717) is 10.8 Å². The Labute approximate surface area is 102 Å². The van der Waals surface area contributed by atoms with Crippen molar-refractivity contribution in [3.8, 4) is 5.75 Å². The summed E-state index contributed by atoms with van der Waals surface area (Å²) < 4.78 is 38.8. The van der Waals surface area contributed by atoms with Gasteiger partial charge in [0.15, 0.2) is 0 Å². The zero-order valence-corrected chi connectivity index (χ0v) is 9.41. The van der Waals surface area contributed by atoms with Gasteiger partial charge < -0.3 is 10.8 Å². The smallest absolute Gasteiger partial charge is 0.397 e. The third kappa shape index (κ3) is 2.13. The fraction of sp³-hybridized carbons (Fsp3) is 0.231. The number of phenolic OH excluding ortho intramolecular Hbond substituents is 1. The Morgan fingerprint density at radius 1 is 1.11 bits per heavy atom. The van der Waals surface area contributed by atoms with Crippen molar-refractivity contribution in [2.45, 2.75) is 12.1 Å². The zero-order valence-electron chi connectivity index (χ0n) is 9.41. The standard InChI is InChI=1S/C13H12F3NO/c14-13(15,16)10(7-17)12-9-4-2-1-3-8(9)5-6-11(12)18/h1-6,10,18H,7,17H2. The largest absolute Gasteiger partial charge is 0.508 e. The minimum absolute atomic E-state index is 0.150. The van der Waals surface area contributed by atoms with Crippen molar-refractivity contribution in [2.75, 3.05) is 6.54 Å². The second-order valence-corrected chi connectivity index (χ2v) is 4.05. The summed E-state index contributed by atoms with van der Waals surface area (Å²) in [6.45, 7) is -0.592. The van der Waals surface area contributed by atoms with Crippen molar-refractivity contribution in [3.05, 3.63) is 42.0 Å². The Hall–Kier alpha value is -1.75. The van der Waals surface area contributed by atoms with Crippen LogP contribution in [0.2, 0.25) is 0 Å². The van der Waals surface area contributed by atoms with Crippen molar-refractivity contribution >= 4 is 10.8 Å². The van der Waals surface area contributed by atoms with Crippen molar-refractivity contribution in [1.82, 2.24) is 0 Å². The number of alkyl halides is 3. The molecule has 0 amide bonds. The van der Waals surface area contributed by atoms with Gasteiger partial charge in [-0.1, -0.05) is 30.3 Å². The fourth-order valence-corrected chi connectivity index (χ4v) is 2.07. The Kier molecular flexibility index (Phi) is 3.17. The average molecular weight is 255 g/mol. The van der Waals surface area contributed by atoms with Crippen LogP contribution in [0, 0.1) is 0 Å². The quantitative estimate of drug-likeness (QED) is 0.865.